The van der Waals surface area contributed by atoms with Crippen LogP contribution < -0.4 is 11.1 Å². The van der Waals surface area contributed by atoms with E-state index in [0.29, 0.717) is 29.4 Å². The van der Waals surface area contributed by atoms with E-state index in [1.807, 2.05) is 13.0 Å². The molecule has 3 rings (SSSR count). The molecular formula is C27H29BClF2N8O. The molecule has 0 fully saturated rings. The summed E-state index contributed by atoms with van der Waals surface area (Å²) < 4.78 is 28.7. The van der Waals surface area contributed by atoms with Gasteiger partial charge in [0.1, 0.15) is 17.3 Å². The van der Waals surface area contributed by atoms with Crippen LogP contribution >= 0.6 is 11.6 Å². The van der Waals surface area contributed by atoms with Crippen molar-refractivity contribution in [1.29, 1.82) is 0 Å². The van der Waals surface area contributed by atoms with Crippen LogP contribution in [0, 0.1) is 24.0 Å². The Morgan fingerprint density at radius 2 is 2.10 bits per heavy atom. The van der Waals surface area contributed by atoms with Crippen LogP contribution in [0.2, 0.25) is 5.02 Å². The lowest BCUT2D eigenvalue weighted by Gasteiger charge is -2.30. The minimum atomic E-state index is -0.909. The summed E-state index contributed by atoms with van der Waals surface area (Å²) in [5.41, 5.74) is 9.10. The number of urea groups is 1. The van der Waals surface area contributed by atoms with Gasteiger partial charge in [-0.05, 0) is 30.2 Å². The van der Waals surface area contributed by atoms with E-state index in [-0.39, 0.29) is 41.8 Å². The fourth-order valence-corrected chi connectivity index (χ4v) is 4.03. The smallest absolute Gasteiger partial charge is 0.326 e. The van der Waals surface area contributed by atoms with Crippen LogP contribution in [0.3, 0.4) is 0 Å². The largest absolute Gasteiger partial charge is 0.398 e. The average Bonchev–Trinajstić information content (AvgIpc) is 3.06. The van der Waals surface area contributed by atoms with Crippen LogP contribution in [0.15, 0.2) is 52.0 Å². The molecule has 207 valence electrons. The first-order chi connectivity index (χ1) is 19.1. The number of rotatable bonds is 9. The number of amides is 2. The molecule has 1 radical (unpaired) electrons. The zero-order chi connectivity index (χ0) is 29.4. The predicted octanol–water partition coefficient (Wildman–Crippen LogP) is 4.16. The summed E-state index contributed by atoms with van der Waals surface area (Å²) in [6.07, 6.45) is 9.41. The first kappa shape index (κ1) is 30.2. The lowest BCUT2D eigenvalue weighted by molar-refractivity contribution is 0.187. The number of nitrogens with zero attached hydrogens (tertiary/aromatic N) is 6. The number of halogens is 3. The van der Waals surface area contributed by atoms with Crippen molar-refractivity contribution in [2.24, 2.45) is 15.0 Å². The van der Waals surface area contributed by atoms with Crippen LogP contribution in [0.5, 0.6) is 0 Å². The maximum Gasteiger partial charge on any atom is 0.326 e. The summed E-state index contributed by atoms with van der Waals surface area (Å²) in [5, 5.41) is 8.58. The summed E-state index contributed by atoms with van der Waals surface area (Å²) in [4.78, 5) is 25.0. The van der Waals surface area contributed by atoms with E-state index in [1.54, 1.807) is 26.4 Å². The molecule has 0 aliphatic carbocycles. The molecule has 1 aliphatic heterocycles. The second kappa shape index (κ2) is 13.6. The number of nitrogens with two attached hydrogens (primary N) is 1. The van der Waals surface area contributed by atoms with E-state index in [2.05, 4.69) is 32.8 Å². The molecule has 0 unspecified atom stereocenters. The molecule has 9 nitrogen and oxygen atoms in total. The molecule has 0 saturated heterocycles. The molecule has 0 atom stereocenters. The van der Waals surface area contributed by atoms with E-state index >= 15 is 0 Å². The van der Waals surface area contributed by atoms with Crippen molar-refractivity contribution in [2.75, 3.05) is 38.1 Å². The molecular weight excluding hydrogens is 537 g/mol. The Kier molecular flexibility index (Phi) is 10.3. The number of terminal acetylenes is 1. The molecule has 0 aromatic heterocycles. The Morgan fingerprint density at radius 1 is 1.35 bits per heavy atom. The highest BCUT2D eigenvalue weighted by molar-refractivity contribution is 6.38. The predicted molar refractivity (Wildman–Crippen MR) is 159 cm³/mol. The van der Waals surface area contributed by atoms with Gasteiger partial charge < -0.3 is 20.9 Å². The molecule has 40 heavy (non-hydrogen) atoms. The number of hydrogen-bond donors (Lipinski definition) is 2. The van der Waals surface area contributed by atoms with Crippen molar-refractivity contribution in [1.82, 2.24) is 14.8 Å². The molecule has 2 aromatic carbocycles. The van der Waals surface area contributed by atoms with E-state index in [9.17, 15) is 13.6 Å². The molecule has 2 amide bonds. The van der Waals surface area contributed by atoms with Crippen molar-refractivity contribution in [3.8, 4) is 12.3 Å². The molecule has 1 heterocycles. The Labute approximate surface area is 238 Å². The van der Waals surface area contributed by atoms with Gasteiger partial charge >= 0.3 is 13.4 Å². The third kappa shape index (κ3) is 7.18. The van der Waals surface area contributed by atoms with Crippen LogP contribution in [0.25, 0.3) is 0 Å². The van der Waals surface area contributed by atoms with E-state index in [0.717, 1.165) is 11.6 Å². The highest BCUT2D eigenvalue weighted by atomic mass is 35.5. The number of aryl methyl sites for hydroxylation is 1. The number of nitrogen functional groups attached to an aromatic ring is 1. The molecule has 0 saturated carbocycles. The quantitative estimate of drug-likeness (QED) is 0.119. The zero-order valence-electron chi connectivity index (χ0n) is 22.5. The number of nitrogens with one attached hydrogen (secondary N) is 1. The second-order valence-electron chi connectivity index (χ2n) is 8.69. The minimum absolute atomic E-state index is 0.0137. The molecule has 1 aliphatic rings. The van der Waals surface area contributed by atoms with Gasteiger partial charge in [-0.2, -0.15) is 5.10 Å². The number of benzene rings is 2. The van der Waals surface area contributed by atoms with E-state index in [1.165, 1.54) is 28.4 Å². The Balaban J connectivity index is 2.06. The number of anilines is 2. The molecule has 0 spiro atoms. The van der Waals surface area contributed by atoms with Gasteiger partial charge in [0.2, 0.25) is 0 Å². The van der Waals surface area contributed by atoms with E-state index < -0.39 is 17.7 Å². The van der Waals surface area contributed by atoms with Gasteiger partial charge in [0.05, 0.1) is 18.1 Å². The molecule has 13 heteroatoms. The number of hydrogen-bond acceptors (Lipinski definition) is 7. The standard InChI is InChI=1S/C27H29BClF2N8O/c1-6-17-10-24(32)18(13-33-4)11-25(17)34-26-35-28-16-38(15-20(7-2)36-37(5)8-3)27(40)39(26)14-19-9-21(29)23(31)12-22(19)30/h2,8-13H,3,6,14-16,32H2,1,4-5H3,(H,34,35)/b33-13?,36-20+. The highest BCUT2D eigenvalue weighted by Gasteiger charge is 2.30. The third-order valence-corrected chi connectivity index (χ3v) is 6.23. The molecule has 3 N–H and O–H groups in total. The van der Waals surface area contributed by atoms with Gasteiger partial charge in [-0.25, -0.2) is 13.6 Å². The monoisotopic (exact) mass is 565 g/mol. The van der Waals surface area contributed by atoms with Crippen molar-refractivity contribution >= 4 is 54.3 Å². The van der Waals surface area contributed by atoms with Gasteiger partial charge in [0.25, 0.3) is 0 Å². The van der Waals surface area contributed by atoms with Crippen LogP contribution in [-0.2, 0) is 13.0 Å². The van der Waals surface area contributed by atoms with Gasteiger partial charge in [0.15, 0.2) is 5.96 Å². The van der Waals surface area contributed by atoms with Crippen molar-refractivity contribution in [2.45, 2.75) is 19.9 Å². The number of carbonyl (C=O) groups is 1. The third-order valence-electron chi connectivity index (χ3n) is 5.94. The Hall–Kier alpha value is -4.37. The summed E-state index contributed by atoms with van der Waals surface area (Å²) >= 11 is 5.94. The van der Waals surface area contributed by atoms with Crippen molar-refractivity contribution < 1.29 is 13.6 Å². The number of hydrazone groups is 1. The molecule has 2 aromatic rings. The fraction of sp³-hybridized carbons (Fsp3) is 0.259. The van der Waals surface area contributed by atoms with Gasteiger partial charge in [-0.3, -0.25) is 14.9 Å². The fourth-order valence-electron chi connectivity index (χ4n) is 3.84. The number of guanidine groups is 1. The zero-order valence-corrected chi connectivity index (χ0v) is 23.2. The van der Waals surface area contributed by atoms with Gasteiger partial charge in [-0.15, -0.1) is 6.42 Å². The van der Waals surface area contributed by atoms with Crippen molar-refractivity contribution in [3.63, 3.8) is 0 Å². The first-order valence-electron chi connectivity index (χ1n) is 12.2. The van der Waals surface area contributed by atoms with Crippen LogP contribution in [0.1, 0.15) is 23.6 Å². The van der Waals surface area contributed by atoms with Gasteiger partial charge in [0, 0.05) is 61.5 Å². The van der Waals surface area contributed by atoms with E-state index in [4.69, 9.17) is 23.8 Å². The first-order valence-corrected chi connectivity index (χ1v) is 12.6. The Bertz CT molecular complexity index is 1420. The maximum atomic E-state index is 14.8. The number of aliphatic imine (C=N–C) groups is 1. The topological polar surface area (TPSA) is 102 Å². The average molecular weight is 566 g/mol. The normalized spacial score (nSPS) is 14.0. The lowest BCUT2D eigenvalue weighted by atomic mass is 9.96. The van der Waals surface area contributed by atoms with Gasteiger partial charge in [-0.1, -0.05) is 31.0 Å². The summed E-state index contributed by atoms with van der Waals surface area (Å²) in [6, 6.07) is 4.86. The summed E-state index contributed by atoms with van der Waals surface area (Å²) in [7, 11) is 4.80. The maximum absolute atomic E-state index is 14.8. The van der Waals surface area contributed by atoms with Crippen LogP contribution in [0.4, 0.5) is 25.0 Å². The minimum Gasteiger partial charge on any atom is -0.398 e. The summed E-state index contributed by atoms with van der Waals surface area (Å²) in [6.45, 7) is 5.24. The summed E-state index contributed by atoms with van der Waals surface area (Å²) in [5.74, 6) is 0.801. The lowest BCUT2D eigenvalue weighted by Crippen LogP contribution is -2.48. The van der Waals surface area contributed by atoms with Crippen LogP contribution in [-0.4, -0.2) is 73.2 Å². The highest BCUT2D eigenvalue weighted by Crippen LogP contribution is 2.26. The van der Waals surface area contributed by atoms with Crippen molar-refractivity contribution in [3.05, 3.63) is 70.4 Å². The SMILES string of the molecule is C#C/C(CN1C[B]N=C(Nc2cc(C=NC)c(N)cc2CC)N(Cc2cc(Cl)c(F)cc2F)C1=O)=N\N(C)C=C. The second-order valence-corrected chi connectivity index (χ2v) is 9.10. The Morgan fingerprint density at radius 3 is 2.75 bits per heavy atom. The number of carbonyl (C=O) groups excluding carboxylic acids is 1. The molecule has 0 bridgehead atoms.